The quantitative estimate of drug-likeness (QED) is 0.741. The number of hydrogen-bond acceptors (Lipinski definition) is 7. The summed E-state index contributed by atoms with van der Waals surface area (Å²) in [6, 6.07) is 6.30. The van der Waals surface area contributed by atoms with Gasteiger partial charge in [-0.25, -0.2) is 4.79 Å². The molecule has 2 aliphatic rings. The molecule has 9 heteroatoms. The molecule has 1 aromatic rings. The maximum Gasteiger partial charge on any atom is 0.342 e. The molecular weight excluding hydrogens is 342 g/mol. The number of urea groups is 1. The predicted octanol–water partition coefficient (Wildman–Crippen LogP) is 0.971. The van der Waals surface area contributed by atoms with Gasteiger partial charge >= 0.3 is 23.6 Å². The lowest BCUT2D eigenvalue weighted by molar-refractivity contribution is -0.192. The fourth-order valence-corrected chi connectivity index (χ4v) is 2.91. The topological polar surface area (TPSA) is 97.7 Å². The highest BCUT2D eigenvalue weighted by Gasteiger charge is 2.64. The van der Waals surface area contributed by atoms with Crippen molar-refractivity contribution in [2.45, 2.75) is 25.8 Å². The smallest absolute Gasteiger partial charge is 0.342 e. The van der Waals surface area contributed by atoms with Gasteiger partial charge in [0.25, 0.3) is 0 Å². The van der Waals surface area contributed by atoms with Gasteiger partial charge in [-0.05, 0) is 31.2 Å². The molecule has 1 fully saturated rings. The van der Waals surface area contributed by atoms with Gasteiger partial charge in [0.15, 0.2) is 0 Å². The Hall–Kier alpha value is -3.10. The highest BCUT2D eigenvalue weighted by molar-refractivity contribution is 6.07. The minimum absolute atomic E-state index is 0.0996. The van der Waals surface area contributed by atoms with Crippen LogP contribution in [-0.2, 0) is 19.1 Å². The van der Waals surface area contributed by atoms with E-state index in [1.54, 1.807) is 24.3 Å². The van der Waals surface area contributed by atoms with Crippen molar-refractivity contribution in [3.05, 3.63) is 29.8 Å². The first-order chi connectivity index (χ1) is 12.3. The molecule has 0 aliphatic carbocycles. The van der Waals surface area contributed by atoms with Gasteiger partial charge in [-0.3, -0.25) is 19.4 Å². The molecule has 0 radical (unpaired) electrons. The molecule has 138 valence electrons. The van der Waals surface area contributed by atoms with Gasteiger partial charge in [0.2, 0.25) is 12.1 Å². The van der Waals surface area contributed by atoms with E-state index in [-0.39, 0.29) is 5.90 Å². The summed E-state index contributed by atoms with van der Waals surface area (Å²) in [4.78, 5) is 42.9. The monoisotopic (exact) mass is 361 g/mol. The predicted molar refractivity (Wildman–Crippen MR) is 89.4 cm³/mol. The molecule has 0 bridgehead atoms. The zero-order valence-corrected chi connectivity index (χ0v) is 14.9. The van der Waals surface area contributed by atoms with E-state index >= 15 is 0 Å². The van der Waals surface area contributed by atoms with E-state index in [1.165, 1.54) is 25.9 Å². The summed E-state index contributed by atoms with van der Waals surface area (Å²) >= 11 is 0. The molecule has 3 amide bonds. The zero-order chi connectivity index (χ0) is 19.1. The zero-order valence-electron chi connectivity index (χ0n) is 14.9. The summed E-state index contributed by atoms with van der Waals surface area (Å²) in [5.41, 5.74) is -1.40. The molecule has 2 unspecified atom stereocenters. The van der Waals surface area contributed by atoms with Crippen LogP contribution >= 0.6 is 0 Å². The fraction of sp³-hybridized carbons (Fsp3) is 0.412. The Morgan fingerprint density at radius 1 is 1.27 bits per heavy atom. The van der Waals surface area contributed by atoms with E-state index in [1.807, 2.05) is 6.92 Å². The molecule has 0 saturated carbocycles. The molecule has 2 heterocycles. The van der Waals surface area contributed by atoms with Crippen molar-refractivity contribution in [1.82, 2.24) is 9.80 Å². The van der Waals surface area contributed by atoms with E-state index in [2.05, 4.69) is 4.99 Å². The molecule has 0 aromatic heterocycles. The van der Waals surface area contributed by atoms with Crippen molar-refractivity contribution < 1.29 is 28.6 Å². The van der Waals surface area contributed by atoms with Crippen LogP contribution in [0.1, 0.15) is 19.4 Å². The average molecular weight is 361 g/mol. The standard InChI is InChI=1S/C17H19N3O6/c1-5-24-12-8-6-11(7-9-12)13-18-17(26-10(2)21)14(22)19(3)16(23)20(4)15(17)25-13/h6-9,15H,5H2,1-4H3. The van der Waals surface area contributed by atoms with Crippen LogP contribution in [0.4, 0.5) is 4.79 Å². The second-order valence-electron chi connectivity index (χ2n) is 5.89. The van der Waals surface area contributed by atoms with Crippen LogP contribution in [0.3, 0.4) is 0 Å². The number of likely N-dealkylation sites (N-methyl/N-ethyl adjacent to an activating group) is 2. The summed E-state index contributed by atoms with van der Waals surface area (Å²) in [7, 11) is 2.75. The summed E-state index contributed by atoms with van der Waals surface area (Å²) in [6.07, 6.45) is -1.18. The Bertz CT molecular complexity index is 790. The molecule has 3 rings (SSSR count). The molecule has 1 saturated heterocycles. The number of hydrogen-bond donors (Lipinski definition) is 0. The molecule has 0 N–H and O–H groups in total. The first-order valence-corrected chi connectivity index (χ1v) is 8.04. The van der Waals surface area contributed by atoms with Crippen LogP contribution in [0.15, 0.2) is 29.3 Å². The summed E-state index contributed by atoms with van der Waals surface area (Å²) in [5.74, 6) is -0.700. The normalized spacial score (nSPS) is 24.8. The third-order valence-electron chi connectivity index (χ3n) is 4.09. The van der Waals surface area contributed by atoms with E-state index < -0.39 is 29.9 Å². The highest BCUT2D eigenvalue weighted by Crippen LogP contribution is 2.37. The summed E-state index contributed by atoms with van der Waals surface area (Å²) in [6.45, 7) is 3.57. The molecule has 26 heavy (non-hydrogen) atoms. The van der Waals surface area contributed by atoms with Crippen molar-refractivity contribution in [2.24, 2.45) is 4.99 Å². The number of esters is 1. The highest BCUT2D eigenvalue weighted by atomic mass is 16.6. The Morgan fingerprint density at radius 2 is 1.92 bits per heavy atom. The van der Waals surface area contributed by atoms with Crippen molar-refractivity contribution >= 4 is 23.8 Å². The van der Waals surface area contributed by atoms with Crippen LogP contribution in [-0.4, -0.2) is 66.3 Å². The van der Waals surface area contributed by atoms with Crippen LogP contribution in [0, 0.1) is 0 Å². The SMILES string of the molecule is CCOc1ccc(C2=NC3(OC(C)=O)C(=O)N(C)C(=O)N(C)C3O2)cc1. The first-order valence-electron chi connectivity index (χ1n) is 8.04. The van der Waals surface area contributed by atoms with Crippen molar-refractivity contribution in [2.75, 3.05) is 20.7 Å². The van der Waals surface area contributed by atoms with E-state index in [0.717, 1.165) is 4.90 Å². The number of fused-ring (bicyclic) bond motifs is 1. The van der Waals surface area contributed by atoms with Gasteiger partial charge < -0.3 is 14.2 Å². The number of carbonyl (C=O) groups is 3. The minimum atomic E-state index is -1.96. The van der Waals surface area contributed by atoms with Crippen LogP contribution < -0.4 is 4.74 Å². The van der Waals surface area contributed by atoms with Crippen LogP contribution in [0.2, 0.25) is 0 Å². The number of rotatable bonds is 4. The van der Waals surface area contributed by atoms with Gasteiger partial charge in [-0.15, -0.1) is 0 Å². The lowest BCUT2D eigenvalue weighted by atomic mass is 10.1. The number of aliphatic imine (C=N–C) groups is 1. The molecular formula is C17H19N3O6. The Balaban J connectivity index is 2.03. The minimum Gasteiger partial charge on any atom is -0.494 e. The second kappa shape index (κ2) is 6.32. The van der Waals surface area contributed by atoms with E-state index in [9.17, 15) is 14.4 Å². The maximum absolute atomic E-state index is 12.7. The van der Waals surface area contributed by atoms with Crippen molar-refractivity contribution in [3.8, 4) is 5.75 Å². The second-order valence-corrected chi connectivity index (χ2v) is 5.89. The van der Waals surface area contributed by atoms with Crippen LogP contribution in [0.5, 0.6) is 5.75 Å². The maximum atomic E-state index is 12.7. The molecule has 2 aliphatic heterocycles. The van der Waals surface area contributed by atoms with E-state index in [0.29, 0.717) is 17.9 Å². The Kier molecular flexibility index (Phi) is 4.31. The van der Waals surface area contributed by atoms with Crippen molar-refractivity contribution in [1.29, 1.82) is 0 Å². The van der Waals surface area contributed by atoms with Gasteiger partial charge in [0.1, 0.15) is 5.75 Å². The first kappa shape index (κ1) is 17.7. The fourth-order valence-electron chi connectivity index (χ4n) is 2.91. The van der Waals surface area contributed by atoms with Gasteiger partial charge in [0.05, 0.1) is 6.61 Å². The van der Waals surface area contributed by atoms with Gasteiger partial charge in [0, 0.05) is 26.6 Å². The summed E-state index contributed by atoms with van der Waals surface area (Å²) in [5, 5.41) is 0. The van der Waals surface area contributed by atoms with Crippen molar-refractivity contribution in [3.63, 3.8) is 0 Å². The Morgan fingerprint density at radius 3 is 2.50 bits per heavy atom. The van der Waals surface area contributed by atoms with Crippen LogP contribution in [0.25, 0.3) is 0 Å². The number of nitrogens with zero attached hydrogens (tertiary/aromatic N) is 3. The largest absolute Gasteiger partial charge is 0.494 e. The molecule has 2 atom stereocenters. The number of ether oxygens (including phenoxy) is 3. The van der Waals surface area contributed by atoms with E-state index in [4.69, 9.17) is 14.2 Å². The Labute approximate surface area is 150 Å². The number of amides is 3. The molecule has 1 aromatic carbocycles. The third-order valence-corrected chi connectivity index (χ3v) is 4.09. The lowest BCUT2D eigenvalue weighted by Crippen LogP contribution is -2.68. The van der Waals surface area contributed by atoms with Gasteiger partial charge in [-0.1, -0.05) is 0 Å². The summed E-state index contributed by atoms with van der Waals surface area (Å²) < 4.78 is 16.4. The lowest BCUT2D eigenvalue weighted by Gasteiger charge is -2.41. The number of imide groups is 1. The molecule has 0 spiro atoms. The number of benzene rings is 1. The number of carbonyl (C=O) groups excluding carboxylic acids is 3. The van der Waals surface area contributed by atoms with Gasteiger partial charge in [-0.2, -0.15) is 4.99 Å². The average Bonchev–Trinajstić information content (AvgIpc) is 2.99. The molecule has 9 nitrogen and oxygen atoms in total. The third kappa shape index (κ3) is 2.65.